The maximum absolute atomic E-state index is 13.0. The number of hydrogen-bond donors (Lipinski definition) is 0. The highest BCUT2D eigenvalue weighted by Gasteiger charge is 2.39. The number of thioether (sulfide) groups is 1. The lowest BCUT2D eigenvalue weighted by Gasteiger charge is -2.40. The summed E-state index contributed by atoms with van der Waals surface area (Å²) in [6, 6.07) is 8.81. The van der Waals surface area contributed by atoms with Gasteiger partial charge in [0.2, 0.25) is 5.91 Å². The molecule has 5 rings (SSSR count). The van der Waals surface area contributed by atoms with Crippen LogP contribution in [-0.2, 0) is 4.79 Å². The van der Waals surface area contributed by atoms with E-state index in [9.17, 15) is 9.59 Å². The Bertz CT molecular complexity index is 861. The zero-order valence-electron chi connectivity index (χ0n) is 18.3. The predicted molar refractivity (Wildman–Crippen MR) is 125 cm³/mol. The highest BCUT2D eigenvalue weighted by molar-refractivity contribution is 8.14. The summed E-state index contributed by atoms with van der Waals surface area (Å²) in [5.74, 6) is 1.21. The fourth-order valence-electron chi connectivity index (χ4n) is 5.03. The van der Waals surface area contributed by atoms with E-state index in [1.165, 1.54) is 19.3 Å². The normalized spacial score (nSPS) is 25.6. The minimum Gasteiger partial charge on any atom is -0.341 e. The minimum atomic E-state index is -0.0358. The summed E-state index contributed by atoms with van der Waals surface area (Å²) in [5, 5.41) is 1.13. The van der Waals surface area contributed by atoms with Crippen LogP contribution in [0.5, 0.6) is 0 Å². The van der Waals surface area contributed by atoms with Crippen molar-refractivity contribution >= 4 is 28.6 Å². The molecule has 2 amide bonds. The van der Waals surface area contributed by atoms with Crippen molar-refractivity contribution in [3.8, 4) is 0 Å². The fourth-order valence-corrected chi connectivity index (χ4v) is 5.90. The number of carbonyl (C=O) groups excluding carboxylic acids is 2. The predicted octanol–water partition coefficient (Wildman–Crippen LogP) is 3.05. The molecule has 2 saturated heterocycles. The highest BCUT2D eigenvalue weighted by atomic mass is 32.2. The van der Waals surface area contributed by atoms with Gasteiger partial charge in [-0.15, -0.1) is 11.8 Å². The van der Waals surface area contributed by atoms with Gasteiger partial charge in [-0.1, -0.05) is 18.6 Å². The van der Waals surface area contributed by atoms with Crippen molar-refractivity contribution in [1.82, 2.24) is 14.7 Å². The second kappa shape index (κ2) is 8.94. The molecule has 4 aliphatic rings. The van der Waals surface area contributed by atoms with Crippen LogP contribution in [0.15, 0.2) is 29.3 Å². The monoisotopic (exact) mass is 440 g/mol. The van der Waals surface area contributed by atoms with Crippen LogP contribution in [-0.4, -0.2) is 82.6 Å². The van der Waals surface area contributed by atoms with Gasteiger partial charge in [-0.3, -0.25) is 19.5 Å². The van der Waals surface area contributed by atoms with Crippen LogP contribution in [0, 0.1) is 5.92 Å². The van der Waals surface area contributed by atoms with Crippen LogP contribution in [0.2, 0.25) is 0 Å². The molecule has 1 aromatic carbocycles. The molecular weight excluding hydrogens is 408 g/mol. The van der Waals surface area contributed by atoms with E-state index in [0.717, 1.165) is 55.0 Å². The second-order valence-electron chi connectivity index (χ2n) is 9.30. The van der Waals surface area contributed by atoms with Crippen molar-refractivity contribution in [3.63, 3.8) is 0 Å². The van der Waals surface area contributed by atoms with Crippen molar-refractivity contribution in [2.24, 2.45) is 10.9 Å². The quantitative estimate of drug-likeness (QED) is 0.722. The first kappa shape index (κ1) is 21.0. The Hall–Kier alpha value is -1.86. The highest BCUT2D eigenvalue weighted by Crippen LogP contribution is 2.31. The van der Waals surface area contributed by atoms with Crippen molar-refractivity contribution in [1.29, 1.82) is 0 Å². The number of likely N-dealkylation sites (tertiary alicyclic amines) is 1. The van der Waals surface area contributed by atoms with Gasteiger partial charge in [-0.25, -0.2) is 0 Å². The van der Waals surface area contributed by atoms with E-state index in [4.69, 9.17) is 0 Å². The summed E-state index contributed by atoms with van der Waals surface area (Å²) in [5.41, 5.74) is 1.86. The Morgan fingerprint density at radius 2 is 1.74 bits per heavy atom. The smallest absolute Gasteiger partial charge is 0.253 e. The lowest BCUT2D eigenvalue weighted by Crippen LogP contribution is -2.56. The van der Waals surface area contributed by atoms with E-state index >= 15 is 0 Å². The van der Waals surface area contributed by atoms with Gasteiger partial charge in [-0.2, -0.15) is 0 Å². The molecule has 1 aliphatic carbocycles. The van der Waals surface area contributed by atoms with Crippen LogP contribution < -0.4 is 0 Å². The van der Waals surface area contributed by atoms with Gasteiger partial charge >= 0.3 is 0 Å². The summed E-state index contributed by atoms with van der Waals surface area (Å²) >= 11 is 1.79. The first-order chi connectivity index (χ1) is 15.1. The van der Waals surface area contributed by atoms with Crippen LogP contribution >= 0.6 is 11.8 Å². The van der Waals surface area contributed by atoms with E-state index < -0.39 is 0 Å². The summed E-state index contributed by atoms with van der Waals surface area (Å²) in [7, 11) is 0. The molecule has 3 fully saturated rings. The molecule has 0 aromatic heterocycles. The summed E-state index contributed by atoms with van der Waals surface area (Å²) < 4.78 is 0. The van der Waals surface area contributed by atoms with Crippen molar-refractivity contribution < 1.29 is 9.59 Å². The van der Waals surface area contributed by atoms with Crippen molar-refractivity contribution in [3.05, 3.63) is 35.4 Å². The number of hydrogen-bond acceptors (Lipinski definition) is 5. The molecule has 31 heavy (non-hydrogen) atoms. The number of nitrogens with zero attached hydrogens (tertiary/aromatic N) is 4. The SMILES string of the molecule is CC1=NC(c2ccc(C(=O)N3CC(C(=O)N4CCCN(C5CCC5)CC4)C3)cc2)CS1. The van der Waals surface area contributed by atoms with Gasteiger partial charge in [-0.05, 0) is 43.9 Å². The zero-order chi connectivity index (χ0) is 21.4. The standard InChI is InChI=1S/C24H32N4O2S/c1-17-25-22(16-31-17)18-6-8-19(9-7-18)23(29)28-14-20(15-28)24(30)27-11-3-10-26(12-13-27)21-4-2-5-21/h6-9,20-22H,2-5,10-16H2,1H3. The maximum Gasteiger partial charge on any atom is 0.253 e. The maximum atomic E-state index is 13.0. The number of benzene rings is 1. The average molecular weight is 441 g/mol. The molecule has 0 radical (unpaired) electrons. The van der Waals surface area contributed by atoms with Gasteiger partial charge in [0.15, 0.2) is 0 Å². The summed E-state index contributed by atoms with van der Waals surface area (Å²) in [6.07, 6.45) is 5.06. The Balaban J connectivity index is 1.11. The molecular formula is C24H32N4O2S. The summed E-state index contributed by atoms with van der Waals surface area (Å²) in [6.45, 7) is 6.94. The number of carbonyl (C=O) groups is 2. The number of aliphatic imine (C=N–C) groups is 1. The van der Waals surface area contributed by atoms with Gasteiger partial charge in [0, 0.05) is 56.6 Å². The topological polar surface area (TPSA) is 56.2 Å². The largest absolute Gasteiger partial charge is 0.341 e. The van der Waals surface area contributed by atoms with Gasteiger partial charge in [0.1, 0.15) is 0 Å². The molecule has 166 valence electrons. The Kier molecular flexibility index (Phi) is 6.06. The molecule has 0 N–H and O–H groups in total. The number of rotatable bonds is 4. The van der Waals surface area contributed by atoms with E-state index in [2.05, 4.69) is 9.89 Å². The van der Waals surface area contributed by atoms with Gasteiger partial charge < -0.3 is 9.80 Å². The fraction of sp³-hybridized carbons (Fsp3) is 0.625. The third-order valence-corrected chi connectivity index (χ3v) is 8.29. The van der Waals surface area contributed by atoms with Crippen LogP contribution in [0.4, 0.5) is 0 Å². The molecule has 1 unspecified atom stereocenters. The van der Waals surface area contributed by atoms with Crippen LogP contribution in [0.1, 0.15) is 54.6 Å². The van der Waals surface area contributed by atoms with Gasteiger partial charge in [0.05, 0.1) is 17.0 Å². The van der Waals surface area contributed by atoms with E-state index in [0.29, 0.717) is 18.7 Å². The van der Waals surface area contributed by atoms with Crippen molar-refractivity contribution in [2.45, 2.75) is 44.7 Å². The van der Waals surface area contributed by atoms with E-state index in [-0.39, 0.29) is 23.8 Å². The molecule has 1 atom stereocenters. The van der Waals surface area contributed by atoms with E-state index in [1.54, 1.807) is 11.8 Å². The molecule has 3 heterocycles. The first-order valence-corrected chi connectivity index (χ1v) is 12.7. The molecule has 7 heteroatoms. The van der Waals surface area contributed by atoms with Crippen molar-refractivity contribution in [2.75, 3.05) is 45.0 Å². The molecule has 1 aromatic rings. The molecule has 0 spiro atoms. The van der Waals surface area contributed by atoms with Crippen LogP contribution in [0.3, 0.4) is 0 Å². The second-order valence-corrected chi connectivity index (χ2v) is 10.5. The lowest BCUT2D eigenvalue weighted by atomic mass is 9.91. The molecule has 3 aliphatic heterocycles. The Morgan fingerprint density at radius 3 is 2.39 bits per heavy atom. The van der Waals surface area contributed by atoms with Crippen LogP contribution in [0.25, 0.3) is 0 Å². The summed E-state index contributed by atoms with van der Waals surface area (Å²) in [4.78, 5) is 36.9. The lowest BCUT2D eigenvalue weighted by molar-refractivity contribution is -0.139. The molecule has 6 nitrogen and oxygen atoms in total. The third-order valence-electron chi connectivity index (χ3n) is 7.28. The average Bonchev–Trinajstić information content (AvgIpc) is 2.99. The minimum absolute atomic E-state index is 0.0307. The van der Waals surface area contributed by atoms with E-state index in [1.807, 2.05) is 41.0 Å². The number of amides is 2. The third kappa shape index (κ3) is 4.40. The Morgan fingerprint density at radius 1 is 0.968 bits per heavy atom. The molecule has 0 bridgehead atoms. The first-order valence-electron chi connectivity index (χ1n) is 11.7. The zero-order valence-corrected chi connectivity index (χ0v) is 19.1. The molecule has 1 saturated carbocycles. The van der Waals surface area contributed by atoms with Gasteiger partial charge in [0.25, 0.3) is 5.91 Å². The Labute approximate surface area is 189 Å².